The summed E-state index contributed by atoms with van der Waals surface area (Å²) in [6, 6.07) is 7.11. The second-order valence-corrected chi connectivity index (χ2v) is 3.23. The molecule has 0 aliphatic rings. The lowest BCUT2D eigenvalue weighted by atomic mass is 10.0. The highest BCUT2D eigenvalue weighted by atomic mass is 16.5. The Morgan fingerprint density at radius 3 is 2.80 bits per heavy atom. The summed E-state index contributed by atoms with van der Waals surface area (Å²) in [5, 5.41) is 2.54. The third kappa shape index (κ3) is 2.95. The number of para-hydroxylation sites is 1. The number of amides is 1. The molecule has 4 heteroatoms. The lowest BCUT2D eigenvalue weighted by molar-refractivity contribution is -0.120. The van der Waals surface area contributed by atoms with E-state index in [2.05, 4.69) is 5.32 Å². The number of hydrogen-bond donors (Lipinski definition) is 2. The topological polar surface area (TPSA) is 64.4 Å². The number of nitrogens with two attached hydrogens (primary N) is 1. The minimum atomic E-state index is -0.332. The molecule has 0 aliphatic heterocycles. The van der Waals surface area contributed by atoms with Gasteiger partial charge in [-0.05, 0) is 6.07 Å². The number of benzene rings is 1. The van der Waals surface area contributed by atoms with Crippen molar-refractivity contribution >= 4 is 5.91 Å². The van der Waals surface area contributed by atoms with E-state index < -0.39 is 0 Å². The molecule has 0 aliphatic carbocycles. The maximum Gasteiger partial charge on any atom is 0.221 e. The first-order valence-corrected chi connectivity index (χ1v) is 4.78. The molecule has 1 rings (SSSR count). The Morgan fingerprint density at radius 2 is 2.20 bits per heavy atom. The molecule has 82 valence electrons. The highest BCUT2D eigenvalue weighted by Crippen LogP contribution is 2.24. The molecule has 1 aromatic rings. The average molecular weight is 208 g/mol. The SMILES string of the molecule is CNC(=O)CC(N)c1ccccc1OC. The van der Waals surface area contributed by atoms with Crippen LogP contribution in [0.1, 0.15) is 18.0 Å². The van der Waals surface area contributed by atoms with Crippen LogP contribution in [0.5, 0.6) is 5.75 Å². The van der Waals surface area contributed by atoms with Crippen molar-refractivity contribution in [2.75, 3.05) is 14.2 Å². The Hall–Kier alpha value is -1.55. The van der Waals surface area contributed by atoms with Crippen molar-refractivity contribution in [1.29, 1.82) is 0 Å². The van der Waals surface area contributed by atoms with Gasteiger partial charge in [0.05, 0.1) is 7.11 Å². The third-order valence-electron chi connectivity index (χ3n) is 2.22. The predicted octanol–water partition coefficient (Wildman–Crippen LogP) is 0.831. The van der Waals surface area contributed by atoms with Crippen LogP contribution in [0, 0.1) is 0 Å². The lowest BCUT2D eigenvalue weighted by Gasteiger charge is -2.14. The minimum absolute atomic E-state index is 0.0755. The summed E-state index contributed by atoms with van der Waals surface area (Å²) in [6.07, 6.45) is 0.261. The van der Waals surface area contributed by atoms with Crippen LogP contribution in [0.4, 0.5) is 0 Å². The Kier molecular flexibility index (Phi) is 4.12. The van der Waals surface area contributed by atoms with E-state index in [0.717, 1.165) is 5.56 Å². The van der Waals surface area contributed by atoms with Gasteiger partial charge in [-0.1, -0.05) is 18.2 Å². The number of carbonyl (C=O) groups excluding carboxylic acids is 1. The van der Waals surface area contributed by atoms with Crippen LogP contribution in [0.2, 0.25) is 0 Å². The lowest BCUT2D eigenvalue weighted by Crippen LogP contribution is -2.24. The van der Waals surface area contributed by atoms with Gasteiger partial charge in [0, 0.05) is 25.1 Å². The van der Waals surface area contributed by atoms with Gasteiger partial charge in [0.1, 0.15) is 5.75 Å². The zero-order valence-electron chi connectivity index (χ0n) is 8.99. The molecule has 0 spiro atoms. The zero-order chi connectivity index (χ0) is 11.3. The van der Waals surface area contributed by atoms with Gasteiger partial charge in [0.2, 0.25) is 5.91 Å². The minimum Gasteiger partial charge on any atom is -0.496 e. The van der Waals surface area contributed by atoms with Crippen LogP contribution in [0.25, 0.3) is 0 Å². The van der Waals surface area contributed by atoms with Crippen LogP contribution in [0.3, 0.4) is 0 Å². The van der Waals surface area contributed by atoms with Gasteiger partial charge in [-0.2, -0.15) is 0 Å². The second kappa shape index (κ2) is 5.36. The first kappa shape index (κ1) is 11.5. The van der Waals surface area contributed by atoms with E-state index in [0.29, 0.717) is 5.75 Å². The predicted molar refractivity (Wildman–Crippen MR) is 58.6 cm³/mol. The molecule has 0 bridgehead atoms. The van der Waals surface area contributed by atoms with Crippen molar-refractivity contribution in [3.05, 3.63) is 29.8 Å². The smallest absolute Gasteiger partial charge is 0.221 e. The van der Waals surface area contributed by atoms with Crippen molar-refractivity contribution in [1.82, 2.24) is 5.32 Å². The third-order valence-corrected chi connectivity index (χ3v) is 2.22. The molecule has 0 fully saturated rings. The Balaban J connectivity index is 2.80. The Bertz CT molecular complexity index is 339. The van der Waals surface area contributed by atoms with Gasteiger partial charge in [0.15, 0.2) is 0 Å². The fraction of sp³-hybridized carbons (Fsp3) is 0.364. The zero-order valence-corrected chi connectivity index (χ0v) is 8.99. The largest absolute Gasteiger partial charge is 0.496 e. The number of hydrogen-bond acceptors (Lipinski definition) is 3. The molecule has 0 aromatic heterocycles. The quantitative estimate of drug-likeness (QED) is 0.770. The fourth-order valence-corrected chi connectivity index (χ4v) is 1.38. The van der Waals surface area contributed by atoms with Gasteiger partial charge in [-0.15, -0.1) is 0 Å². The van der Waals surface area contributed by atoms with Crippen molar-refractivity contribution in [3.63, 3.8) is 0 Å². The molecule has 0 saturated heterocycles. The van der Waals surface area contributed by atoms with Gasteiger partial charge < -0.3 is 15.8 Å². The molecule has 0 saturated carbocycles. The van der Waals surface area contributed by atoms with Crippen molar-refractivity contribution in [3.8, 4) is 5.75 Å². The standard InChI is InChI=1S/C11H16N2O2/c1-13-11(14)7-9(12)8-5-3-4-6-10(8)15-2/h3-6,9H,7,12H2,1-2H3,(H,13,14). The Morgan fingerprint density at radius 1 is 1.53 bits per heavy atom. The van der Waals surface area contributed by atoms with E-state index >= 15 is 0 Å². The molecular weight excluding hydrogens is 192 g/mol. The summed E-state index contributed by atoms with van der Waals surface area (Å²) in [5.74, 6) is 0.641. The summed E-state index contributed by atoms with van der Waals surface area (Å²) in [5.41, 5.74) is 6.76. The monoisotopic (exact) mass is 208 g/mol. The van der Waals surface area contributed by atoms with E-state index in [1.54, 1.807) is 14.2 Å². The molecule has 1 amide bonds. The van der Waals surface area contributed by atoms with Gasteiger partial charge >= 0.3 is 0 Å². The van der Waals surface area contributed by atoms with Gasteiger partial charge in [-0.3, -0.25) is 4.79 Å². The fourth-order valence-electron chi connectivity index (χ4n) is 1.38. The molecule has 0 radical (unpaired) electrons. The molecule has 3 N–H and O–H groups in total. The Labute approximate surface area is 89.4 Å². The van der Waals surface area contributed by atoms with Crippen LogP contribution in [-0.4, -0.2) is 20.1 Å². The summed E-state index contributed by atoms with van der Waals surface area (Å²) in [7, 11) is 3.18. The maximum absolute atomic E-state index is 11.2. The summed E-state index contributed by atoms with van der Waals surface area (Å²) >= 11 is 0. The number of carbonyl (C=O) groups is 1. The first-order chi connectivity index (χ1) is 7.19. The van der Waals surface area contributed by atoms with E-state index in [4.69, 9.17) is 10.5 Å². The number of nitrogens with one attached hydrogen (secondary N) is 1. The van der Waals surface area contributed by atoms with Gasteiger partial charge in [-0.25, -0.2) is 0 Å². The molecule has 15 heavy (non-hydrogen) atoms. The summed E-state index contributed by atoms with van der Waals surface area (Å²) in [6.45, 7) is 0. The van der Waals surface area contributed by atoms with Crippen LogP contribution in [-0.2, 0) is 4.79 Å². The molecule has 0 heterocycles. The molecule has 1 atom stereocenters. The van der Waals surface area contributed by atoms with E-state index in [9.17, 15) is 4.79 Å². The molecule has 1 unspecified atom stereocenters. The maximum atomic E-state index is 11.2. The van der Waals surface area contributed by atoms with E-state index in [-0.39, 0.29) is 18.4 Å². The van der Waals surface area contributed by atoms with Crippen molar-refractivity contribution < 1.29 is 9.53 Å². The van der Waals surface area contributed by atoms with Crippen LogP contribution < -0.4 is 15.8 Å². The van der Waals surface area contributed by atoms with Crippen LogP contribution >= 0.6 is 0 Å². The highest BCUT2D eigenvalue weighted by molar-refractivity contribution is 5.76. The number of rotatable bonds is 4. The van der Waals surface area contributed by atoms with Gasteiger partial charge in [0.25, 0.3) is 0 Å². The molecule has 1 aromatic carbocycles. The molecular formula is C11H16N2O2. The number of ether oxygens (including phenoxy) is 1. The average Bonchev–Trinajstić information content (AvgIpc) is 2.28. The highest BCUT2D eigenvalue weighted by Gasteiger charge is 2.14. The van der Waals surface area contributed by atoms with Crippen LogP contribution in [0.15, 0.2) is 24.3 Å². The van der Waals surface area contributed by atoms with E-state index in [1.165, 1.54) is 0 Å². The normalized spacial score (nSPS) is 11.9. The number of methoxy groups -OCH3 is 1. The van der Waals surface area contributed by atoms with Crippen molar-refractivity contribution in [2.24, 2.45) is 5.73 Å². The van der Waals surface area contributed by atoms with Crippen molar-refractivity contribution in [2.45, 2.75) is 12.5 Å². The molecule has 4 nitrogen and oxygen atoms in total. The van der Waals surface area contributed by atoms with E-state index in [1.807, 2.05) is 24.3 Å². The first-order valence-electron chi connectivity index (χ1n) is 4.78. The summed E-state index contributed by atoms with van der Waals surface area (Å²) < 4.78 is 5.17. The second-order valence-electron chi connectivity index (χ2n) is 3.23. The summed E-state index contributed by atoms with van der Waals surface area (Å²) in [4.78, 5) is 11.2.